The van der Waals surface area contributed by atoms with Crippen LogP contribution in [0, 0.1) is 6.92 Å². The van der Waals surface area contributed by atoms with Crippen LogP contribution >= 0.6 is 23.2 Å². The number of benzene rings is 2. The molecule has 1 atom stereocenters. The first-order valence-corrected chi connectivity index (χ1v) is 8.76. The van der Waals surface area contributed by atoms with Gasteiger partial charge in [0.05, 0.1) is 35.9 Å². The van der Waals surface area contributed by atoms with Crippen molar-refractivity contribution in [3.8, 4) is 5.75 Å². The number of carbonyl (C=O) groups excluding carboxylic acids is 1. The van der Waals surface area contributed by atoms with E-state index < -0.39 is 0 Å². The highest BCUT2D eigenvalue weighted by atomic mass is 35.5. The normalized spacial score (nSPS) is 17.4. The predicted molar refractivity (Wildman–Crippen MR) is 98.8 cm³/mol. The van der Waals surface area contributed by atoms with E-state index in [-0.39, 0.29) is 12.0 Å². The van der Waals surface area contributed by atoms with Gasteiger partial charge in [-0.1, -0.05) is 41.4 Å². The summed E-state index contributed by atoms with van der Waals surface area (Å²) >= 11 is 12.1. The molecule has 0 spiro atoms. The third-order valence-electron chi connectivity index (χ3n) is 4.32. The van der Waals surface area contributed by atoms with E-state index in [1.807, 2.05) is 25.1 Å². The smallest absolute Gasteiger partial charge is 0.257 e. The monoisotopic (exact) mass is 379 g/mol. The van der Waals surface area contributed by atoms with Crippen molar-refractivity contribution in [1.82, 2.24) is 4.90 Å². The first-order valence-electron chi connectivity index (χ1n) is 8.00. The molecule has 3 rings (SSSR count). The van der Waals surface area contributed by atoms with Gasteiger partial charge in [0.2, 0.25) is 0 Å². The minimum absolute atomic E-state index is 0.0612. The van der Waals surface area contributed by atoms with Crippen LogP contribution in [0.5, 0.6) is 5.75 Å². The summed E-state index contributed by atoms with van der Waals surface area (Å²) in [6.45, 7) is 3.37. The Morgan fingerprint density at radius 3 is 2.76 bits per heavy atom. The van der Waals surface area contributed by atoms with Crippen LogP contribution < -0.4 is 4.74 Å². The summed E-state index contributed by atoms with van der Waals surface area (Å²) < 4.78 is 11.2. The fourth-order valence-corrected chi connectivity index (χ4v) is 3.32. The van der Waals surface area contributed by atoms with E-state index >= 15 is 0 Å². The molecule has 0 saturated carbocycles. The minimum atomic E-state index is -0.233. The van der Waals surface area contributed by atoms with Crippen LogP contribution in [0.2, 0.25) is 10.0 Å². The standard InChI is InChI=1S/C19H19Cl2NO3/c1-12-4-3-5-14(18(12)24-2)19(23)22-8-9-25-17(11-22)13-6-7-15(20)16(21)10-13/h3-7,10,17H,8-9,11H2,1-2H3. The van der Waals surface area contributed by atoms with Crippen LogP contribution in [0.3, 0.4) is 0 Å². The largest absolute Gasteiger partial charge is 0.496 e. The van der Waals surface area contributed by atoms with E-state index in [4.69, 9.17) is 32.7 Å². The Hall–Kier alpha value is -1.75. The van der Waals surface area contributed by atoms with Crippen molar-refractivity contribution in [2.75, 3.05) is 26.8 Å². The fraction of sp³-hybridized carbons (Fsp3) is 0.316. The zero-order valence-corrected chi connectivity index (χ0v) is 15.6. The lowest BCUT2D eigenvalue weighted by molar-refractivity contribution is -0.0229. The fourth-order valence-electron chi connectivity index (χ4n) is 3.01. The summed E-state index contributed by atoms with van der Waals surface area (Å²) in [5.41, 5.74) is 2.41. The van der Waals surface area contributed by atoms with Gasteiger partial charge in [0.25, 0.3) is 5.91 Å². The molecular formula is C19H19Cl2NO3. The molecule has 2 aromatic rings. The first kappa shape index (κ1) is 18.1. The second-order valence-electron chi connectivity index (χ2n) is 5.94. The van der Waals surface area contributed by atoms with Crippen molar-refractivity contribution in [2.24, 2.45) is 0 Å². The summed E-state index contributed by atoms with van der Waals surface area (Å²) in [5.74, 6) is 0.555. The molecule has 25 heavy (non-hydrogen) atoms. The van der Waals surface area contributed by atoms with Gasteiger partial charge in [-0.05, 0) is 36.2 Å². The Kier molecular flexibility index (Phi) is 5.52. The van der Waals surface area contributed by atoms with Crippen molar-refractivity contribution in [2.45, 2.75) is 13.0 Å². The van der Waals surface area contributed by atoms with Crippen LogP contribution in [0.4, 0.5) is 0 Å². The molecule has 1 aliphatic heterocycles. The highest BCUT2D eigenvalue weighted by Crippen LogP contribution is 2.30. The van der Waals surface area contributed by atoms with E-state index in [0.717, 1.165) is 11.1 Å². The van der Waals surface area contributed by atoms with Gasteiger partial charge in [0, 0.05) is 6.54 Å². The van der Waals surface area contributed by atoms with Gasteiger partial charge >= 0.3 is 0 Å². The minimum Gasteiger partial charge on any atom is -0.496 e. The van der Waals surface area contributed by atoms with Crippen molar-refractivity contribution < 1.29 is 14.3 Å². The number of ether oxygens (including phenoxy) is 2. The molecule has 1 fully saturated rings. The quantitative estimate of drug-likeness (QED) is 0.786. The van der Waals surface area contributed by atoms with Gasteiger partial charge in [-0.15, -0.1) is 0 Å². The number of amides is 1. The number of nitrogens with zero attached hydrogens (tertiary/aromatic N) is 1. The molecule has 0 bridgehead atoms. The number of morpholine rings is 1. The van der Waals surface area contributed by atoms with Crippen LogP contribution in [-0.2, 0) is 4.74 Å². The topological polar surface area (TPSA) is 38.8 Å². The van der Waals surface area contributed by atoms with Crippen molar-refractivity contribution in [3.63, 3.8) is 0 Å². The van der Waals surface area contributed by atoms with Gasteiger partial charge in [-0.3, -0.25) is 4.79 Å². The molecule has 4 nitrogen and oxygen atoms in total. The summed E-state index contributed by atoms with van der Waals surface area (Å²) in [6.07, 6.45) is -0.233. The first-order chi connectivity index (χ1) is 12.0. The number of aryl methyl sites for hydroxylation is 1. The van der Waals surface area contributed by atoms with Crippen molar-refractivity contribution in [3.05, 3.63) is 63.1 Å². The number of hydrogen-bond acceptors (Lipinski definition) is 3. The average Bonchev–Trinajstić information content (AvgIpc) is 2.63. The lowest BCUT2D eigenvalue weighted by Gasteiger charge is -2.33. The molecule has 1 saturated heterocycles. The maximum absolute atomic E-state index is 13.0. The number of hydrogen-bond donors (Lipinski definition) is 0. The van der Waals surface area contributed by atoms with Crippen molar-refractivity contribution in [1.29, 1.82) is 0 Å². The highest BCUT2D eigenvalue weighted by Gasteiger charge is 2.28. The van der Waals surface area contributed by atoms with E-state index in [2.05, 4.69) is 0 Å². The van der Waals surface area contributed by atoms with Crippen LogP contribution in [0.15, 0.2) is 36.4 Å². The van der Waals surface area contributed by atoms with E-state index in [1.165, 1.54) is 0 Å². The lowest BCUT2D eigenvalue weighted by atomic mass is 10.1. The summed E-state index contributed by atoms with van der Waals surface area (Å²) in [4.78, 5) is 14.8. The maximum atomic E-state index is 13.0. The second-order valence-corrected chi connectivity index (χ2v) is 6.75. The molecule has 2 aromatic carbocycles. The molecule has 1 aliphatic rings. The molecule has 6 heteroatoms. The summed E-state index contributed by atoms with van der Waals surface area (Å²) in [6, 6.07) is 11.0. The van der Waals surface area contributed by atoms with Crippen LogP contribution in [0.1, 0.15) is 27.6 Å². The molecule has 0 radical (unpaired) electrons. The molecule has 0 aromatic heterocycles. The Morgan fingerprint density at radius 2 is 2.04 bits per heavy atom. The Balaban J connectivity index is 1.82. The van der Waals surface area contributed by atoms with E-state index in [0.29, 0.717) is 41.1 Å². The maximum Gasteiger partial charge on any atom is 0.257 e. The van der Waals surface area contributed by atoms with Gasteiger partial charge in [0.1, 0.15) is 11.9 Å². The highest BCUT2D eigenvalue weighted by molar-refractivity contribution is 6.42. The van der Waals surface area contributed by atoms with Gasteiger partial charge in [-0.25, -0.2) is 0 Å². The number of rotatable bonds is 3. The molecule has 1 unspecified atom stereocenters. The Labute approximate surface area is 157 Å². The second kappa shape index (κ2) is 7.65. The lowest BCUT2D eigenvalue weighted by Crippen LogP contribution is -2.42. The zero-order chi connectivity index (χ0) is 18.0. The Morgan fingerprint density at radius 1 is 1.24 bits per heavy atom. The molecule has 0 aliphatic carbocycles. The molecular weight excluding hydrogens is 361 g/mol. The molecule has 0 N–H and O–H groups in total. The van der Waals surface area contributed by atoms with Crippen LogP contribution in [-0.4, -0.2) is 37.6 Å². The van der Waals surface area contributed by atoms with E-state index in [9.17, 15) is 4.79 Å². The summed E-state index contributed by atoms with van der Waals surface area (Å²) in [7, 11) is 1.58. The SMILES string of the molecule is COc1c(C)cccc1C(=O)N1CCOC(c2ccc(Cl)c(Cl)c2)C1. The van der Waals surface area contributed by atoms with E-state index in [1.54, 1.807) is 30.2 Å². The molecule has 132 valence electrons. The zero-order valence-electron chi connectivity index (χ0n) is 14.1. The Bertz CT molecular complexity index is 794. The number of carbonyl (C=O) groups is 1. The third kappa shape index (κ3) is 3.76. The number of halogens is 2. The number of para-hydroxylation sites is 1. The van der Waals surface area contributed by atoms with Crippen molar-refractivity contribution >= 4 is 29.1 Å². The van der Waals surface area contributed by atoms with Gasteiger partial charge in [-0.2, -0.15) is 0 Å². The molecule has 1 amide bonds. The predicted octanol–water partition coefficient (Wildman–Crippen LogP) is 4.52. The average molecular weight is 380 g/mol. The van der Waals surface area contributed by atoms with Gasteiger partial charge < -0.3 is 14.4 Å². The van der Waals surface area contributed by atoms with Crippen LogP contribution in [0.25, 0.3) is 0 Å². The summed E-state index contributed by atoms with van der Waals surface area (Å²) in [5, 5.41) is 0.977. The van der Waals surface area contributed by atoms with Gasteiger partial charge in [0.15, 0.2) is 0 Å². The third-order valence-corrected chi connectivity index (χ3v) is 5.05. The molecule has 1 heterocycles. The number of methoxy groups -OCH3 is 1.